The van der Waals surface area contributed by atoms with Gasteiger partial charge in [0.1, 0.15) is 11.6 Å². The highest BCUT2D eigenvalue weighted by molar-refractivity contribution is 7.91. The number of nitrogens with one attached hydrogen (secondary N) is 2. The van der Waals surface area contributed by atoms with Gasteiger partial charge in [-0.05, 0) is 44.9 Å². The van der Waals surface area contributed by atoms with Gasteiger partial charge in [-0.25, -0.2) is 18.1 Å². The summed E-state index contributed by atoms with van der Waals surface area (Å²) < 4.78 is 25.3. The van der Waals surface area contributed by atoms with Gasteiger partial charge in [0, 0.05) is 18.8 Å². The maximum Gasteiger partial charge on any atom is 0.239 e. The van der Waals surface area contributed by atoms with Crippen molar-refractivity contribution in [3.05, 3.63) is 35.1 Å². The summed E-state index contributed by atoms with van der Waals surface area (Å²) in [7, 11) is -3.07. The number of sulfone groups is 1. The summed E-state index contributed by atoms with van der Waals surface area (Å²) in [6.45, 7) is 3.12. The first-order chi connectivity index (χ1) is 15.7. The molecule has 12 heteroatoms. The highest BCUT2D eigenvalue weighted by Gasteiger charge is 2.32. The van der Waals surface area contributed by atoms with Crippen LogP contribution in [0.1, 0.15) is 31.0 Å². The molecule has 2 aromatic rings. The average molecular weight is 495 g/mol. The second kappa shape index (κ2) is 9.78. The second-order valence-electron chi connectivity index (χ2n) is 8.65. The Hall–Kier alpha value is -2.50. The molecule has 2 unspecified atom stereocenters. The van der Waals surface area contributed by atoms with Crippen LogP contribution in [-0.4, -0.2) is 71.0 Å². The number of rotatable bonds is 6. The molecule has 2 amide bonds. The summed E-state index contributed by atoms with van der Waals surface area (Å²) in [6, 6.07) is 4.78. The number of aromatic nitrogens is 3. The lowest BCUT2D eigenvalue weighted by atomic mass is 9.97. The van der Waals surface area contributed by atoms with E-state index in [2.05, 4.69) is 20.7 Å². The molecule has 2 aliphatic heterocycles. The summed E-state index contributed by atoms with van der Waals surface area (Å²) in [6.07, 6.45) is 3.50. The predicted octanol–water partition coefficient (Wildman–Crippen LogP) is 1.89. The van der Waals surface area contributed by atoms with E-state index < -0.39 is 9.84 Å². The van der Waals surface area contributed by atoms with E-state index in [0.29, 0.717) is 35.3 Å². The van der Waals surface area contributed by atoms with Gasteiger partial charge in [0.25, 0.3) is 0 Å². The van der Waals surface area contributed by atoms with Crippen LogP contribution in [-0.2, 0) is 19.4 Å². The van der Waals surface area contributed by atoms with Gasteiger partial charge >= 0.3 is 0 Å². The Morgan fingerprint density at radius 2 is 2.06 bits per heavy atom. The zero-order valence-corrected chi connectivity index (χ0v) is 19.9. The van der Waals surface area contributed by atoms with E-state index in [-0.39, 0.29) is 41.8 Å². The van der Waals surface area contributed by atoms with Gasteiger partial charge in [-0.2, -0.15) is 5.10 Å². The predicted molar refractivity (Wildman–Crippen MR) is 125 cm³/mol. The maximum absolute atomic E-state index is 12.7. The monoisotopic (exact) mass is 494 g/mol. The Kier molecular flexibility index (Phi) is 7.01. The van der Waals surface area contributed by atoms with Gasteiger partial charge in [-0.3, -0.25) is 14.5 Å². The first-order valence-electron chi connectivity index (χ1n) is 10.9. The quantitative estimate of drug-likeness (QED) is 0.627. The summed E-state index contributed by atoms with van der Waals surface area (Å²) in [5, 5.41) is 10.6. The largest absolute Gasteiger partial charge is 0.310 e. The third-order valence-corrected chi connectivity index (χ3v) is 7.88. The summed E-state index contributed by atoms with van der Waals surface area (Å²) in [4.78, 5) is 31.4. The molecule has 0 saturated carbocycles. The normalized spacial score (nSPS) is 22.7. The fraction of sp³-hybridized carbons (Fsp3) is 0.524. The van der Waals surface area contributed by atoms with Crippen LogP contribution >= 0.6 is 11.6 Å². The standard InChI is InChI=1S/C21H27ClN6O4S/c1-14-9-19(28(26-14)17-6-8-33(31,32)13-17)25-20(29)12-27-7-2-3-15(11-27)21(30)24-18-5-4-16(22)10-23-18/h4-5,9-10,15,17H,2-3,6-8,11-13H2,1H3,(H,25,29)(H,23,24,30). The molecule has 33 heavy (non-hydrogen) atoms. The van der Waals surface area contributed by atoms with Crippen LogP contribution < -0.4 is 10.6 Å². The van der Waals surface area contributed by atoms with Crippen molar-refractivity contribution >= 4 is 44.9 Å². The summed E-state index contributed by atoms with van der Waals surface area (Å²) >= 11 is 5.83. The third kappa shape index (κ3) is 6.10. The minimum Gasteiger partial charge on any atom is -0.310 e. The van der Waals surface area contributed by atoms with E-state index >= 15 is 0 Å². The number of halogens is 1. The third-order valence-electron chi connectivity index (χ3n) is 5.90. The zero-order valence-electron chi connectivity index (χ0n) is 18.3. The number of piperidine rings is 1. The lowest BCUT2D eigenvalue weighted by Crippen LogP contribution is -2.44. The number of aryl methyl sites for hydroxylation is 1. The number of nitrogens with zero attached hydrogens (tertiary/aromatic N) is 4. The van der Waals surface area contributed by atoms with Crippen LogP contribution in [0.5, 0.6) is 0 Å². The Morgan fingerprint density at radius 3 is 2.76 bits per heavy atom. The molecule has 178 valence electrons. The van der Waals surface area contributed by atoms with Crippen molar-refractivity contribution < 1.29 is 18.0 Å². The zero-order chi connectivity index (χ0) is 23.6. The second-order valence-corrected chi connectivity index (χ2v) is 11.3. The number of hydrogen-bond donors (Lipinski definition) is 2. The van der Waals surface area contributed by atoms with Crippen LogP contribution in [0.25, 0.3) is 0 Å². The van der Waals surface area contributed by atoms with Gasteiger partial charge < -0.3 is 10.6 Å². The molecule has 10 nitrogen and oxygen atoms in total. The Labute approximate surface area is 197 Å². The van der Waals surface area contributed by atoms with E-state index in [1.54, 1.807) is 29.8 Å². The fourth-order valence-electron chi connectivity index (χ4n) is 4.33. The van der Waals surface area contributed by atoms with Crippen molar-refractivity contribution in [2.75, 3.05) is 41.8 Å². The van der Waals surface area contributed by atoms with Gasteiger partial charge in [-0.1, -0.05) is 11.6 Å². The molecule has 2 atom stereocenters. The highest BCUT2D eigenvalue weighted by atomic mass is 35.5. The van der Waals surface area contributed by atoms with Gasteiger partial charge in [-0.15, -0.1) is 0 Å². The smallest absolute Gasteiger partial charge is 0.239 e. The molecular formula is C21H27ClN6O4S. The van der Waals surface area contributed by atoms with Crippen molar-refractivity contribution in [2.45, 2.75) is 32.2 Å². The Bertz CT molecular complexity index is 1130. The minimum absolute atomic E-state index is 0.0301. The Morgan fingerprint density at radius 1 is 1.24 bits per heavy atom. The van der Waals surface area contributed by atoms with Crippen LogP contribution in [0, 0.1) is 12.8 Å². The molecule has 4 rings (SSSR count). The number of amides is 2. The van der Waals surface area contributed by atoms with Gasteiger partial charge in [0.05, 0.1) is 40.7 Å². The van der Waals surface area contributed by atoms with Gasteiger partial charge in [0.15, 0.2) is 9.84 Å². The molecule has 2 saturated heterocycles. The molecule has 0 aromatic carbocycles. The van der Waals surface area contributed by atoms with Crippen LogP contribution in [0.3, 0.4) is 0 Å². The average Bonchev–Trinajstić information content (AvgIpc) is 3.30. The molecule has 2 fully saturated rings. The van der Waals surface area contributed by atoms with E-state index in [1.807, 2.05) is 4.90 Å². The molecule has 0 aliphatic carbocycles. The summed E-state index contributed by atoms with van der Waals surface area (Å²) in [5.74, 6) is 0.496. The fourth-order valence-corrected chi connectivity index (χ4v) is 6.14. The lowest BCUT2D eigenvalue weighted by Gasteiger charge is -2.31. The number of carbonyl (C=O) groups is 2. The topological polar surface area (TPSA) is 126 Å². The first-order valence-corrected chi connectivity index (χ1v) is 13.1. The molecule has 4 heterocycles. The van der Waals surface area contributed by atoms with Crippen molar-refractivity contribution in [3.63, 3.8) is 0 Å². The molecule has 0 bridgehead atoms. The molecule has 2 aliphatic rings. The van der Waals surface area contributed by atoms with Crippen LogP contribution in [0.4, 0.5) is 11.6 Å². The van der Waals surface area contributed by atoms with E-state index in [0.717, 1.165) is 19.4 Å². The van der Waals surface area contributed by atoms with Crippen molar-refractivity contribution in [1.82, 2.24) is 19.7 Å². The van der Waals surface area contributed by atoms with Gasteiger partial charge in [0.2, 0.25) is 11.8 Å². The lowest BCUT2D eigenvalue weighted by molar-refractivity contribution is -0.123. The number of anilines is 2. The molecular weight excluding hydrogens is 468 g/mol. The molecule has 2 N–H and O–H groups in total. The number of likely N-dealkylation sites (tertiary alicyclic amines) is 1. The van der Waals surface area contributed by atoms with Crippen LogP contribution in [0.2, 0.25) is 5.02 Å². The van der Waals surface area contributed by atoms with E-state index in [1.165, 1.54) is 6.20 Å². The molecule has 2 aromatic heterocycles. The molecule has 0 radical (unpaired) electrons. The SMILES string of the molecule is Cc1cc(NC(=O)CN2CCCC(C(=O)Nc3ccc(Cl)cn3)C2)n(C2CCS(=O)(=O)C2)n1. The number of pyridine rings is 1. The highest BCUT2D eigenvalue weighted by Crippen LogP contribution is 2.27. The van der Waals surface area contributed by atoms with E-state index in [9.17, 15) is 18.0 Å². The minimum atomic E-state index is -3.07. The van der Waals surface area contributed by atoms with E-state index in [4.69, 9.17) is 11.6 Å². The van der Waals surface area contributed by atoms with Crippen LogP contribution in [0.15, 0.2) is 24.4 Å². The van der Waals surface area contributed by atoms with Crippen molar-refractivity contribution in [3.8, 4) is 0 Å². The molecule has 0 spiro atoms. The van der Waals surface area contributed by atoms with Crippen molar-refractivity contribution in [2.24, 2.45) is 5.92 Å². The summed E-state index contributed by atoms with van der Waals surface area (Å²) in [5.41, 5.74) is 0.708. The van der Waals surface area contributed by atoms with Crippen molar-refractivity contribution in [1.29, 1.82) is 0 Å². The number of hydrogen-bond acceptors (Lipinski definition) is 7. The first kappa shape index (κ1) is 23.7. The maximum atomic E-state index is 12.7. The number of carbonyl (C=O) groups excluding carboxylic acids is 2. The Balaban J connectivity index is 1.33.